The van der Waals surface area contributed by atoms with Gasteiger partial charge in [0.15, 0.2) is 5.13 Å². The number of hydrogen-bond acceptors (Lipinski definition) is 5. The second-order valence-corrected chi connectivity index (χ2v) is 6.19. The van der Waals surface area contributed by atoms with Crippen LogP contribution in [0, 0.1) is 10.1 Å². The lowest BCUT2D eigenvalue weighted by Gasteiger charge is -2.03. The lowest BCUT2D eigenvalue weighted by atomic mass is 10.1. The number of anilines is 1. The monoisotopic (exact) mass is 333 g/mol. The van der Waals surface area contributed by atoms with Crippen LogP contribution in [0.4, 0.5) is 10.8 Å². The van der Waals surface area contributed by atoms with Crippen LogP contribution in [-0.2, 0) is 24.1 Å². The SMILES string of the molecule is CCCc1nc(NC(=O)Cc2ccccc2[N+](=O)[O-])sc1CC. The molecule has 0 aliphatic carbocycles. The molecule has 1 amide bonds. The maximum atomic E-state index is 12.2. The molecule has 122 valence electrons. The van der Waals surface area contributed by atoms with E-state index in [2.05, 4.69) is 24.1 Å². The normalized spacial score (nSPS) is 10.5. The summed E-state index contributed by atoms with van der Waals surface area (Å²) in [6, 6.07) is 6.28. The van der Waals surface area contributed by atoms with Gasteiger partial charge in [0.1, 0.15) is 0 Å². The molecule has 1 heterocycles. The lowest BCUT2D eigenvalue weighted by Crippen LogP contribution is -2.15. The molecule has 0 radical (unpaired) electrons. The van der Waals surface area contributed by atoms with Gasteiger partial charge in [-0.15, -0.1) is 11.3 Å². The third kappa shape index (κ3) is 4.35. The van der Waals surface area contributed by atoms with E-state index in [1.165, 1.54) is 22.3 Å². The number of carbonyl (C=O) groups is 1. The number of nitro groups is 1. The molecule has 0 aliphatic heterocycles. The molecule has 1 aromatic heterocycles. The van der Waals surface area contributed by atoms with Crippen LogP contribution >= 0.6 is 11.3 Å². The number of benzene rings is 1. The summed E-state index contributed by atoms with van der Waals surface area (Å²) >= 11 is 1.47. The van der Waals surface area contributed by atoms with Crippen LogP contribution in [0.3, 0.4) is 0 Å². The molecule has 0 unspecified atom stereocenters. The first-order valence-corrected chi connectivity index (χ1v) is 8.37. The van der Waals surface area contributed by atoms with Gasteiger partial charge in [-0.3, -0.25) is 14.9 Å². The van der Waals surface area contributed by atoms with Gasteiger partial charge in [0.2, 0.25) is 5.91 Å². The van der Waals surface area contributed by atoms with E-state index in [9.17, 15) is 14.9 Å². The molecule has 0 atom stereocenters. The maximum Gasteiger partial charge on any atom is 0.273 e. The summed E-state index contributed by atoms with van der Waals surface area (Å²) < 4.78 is 0. The molecule has 0 bridgehead atoms. The lowest BCUT2D eigenvalue weighted by molar-refractivity contribution is -0.385. The zero-order valence-corrected chi connectivity index (χ0v) is 14.0. The van der Waals surface area contributed by atoms with E-state index in [1.807, 2.05) is 0 Å². The van der Waals surface area contributed by atoms with Gasteiger partial charge in [-0.1, -0.05) is 38.5 Å². The molecule has 1 aromatic carbocycles. The maximum absolute atomic E-state index is 12.2. The number of aromatic nitrogens is 1. The van der Waals surface area contributed by atoms with Gasteiger partial charge in [0.25, 0.3) is 5.69 Å². The molecule has 6 nitrogen and oxygen atoms in total. The highest BCUT2D eigenvalue weighted by molar-refractivity contribution is 7.15. The Balaban J connectivity index is 2.10. The molecule has 7 heteroatoms. The Labute approximate surface area is 138 Å². The van der Waals surface area contributed by atoms with E-state index < -0.39 is 4.92 Å². The highest BCUT2D eigenvalue weighted by atomic mass is 32.1. The van der Waals surface area contributed by atoms with Gasteiger partial charge in [-0.05, 0) is 12.8 Å². The van der Waals surface area contributed by atoms with Crippen LogP contribution in [0.1, 0.15) is 36.4 Å². The third-order valence-electron chi connectivity index (χ3n) is 3.37. The second kappa shape index (κ2) is 7.82. The Bertz CT molecular complexity index is 712. The number of aryl methyl sites for hydroxylation is 2. The van der Waals surface area contributed by atoms with Crippen molar-refractivity contribution in [1.29, 1.82) is 0 Å². The van der Waals surface area contributed by atoms with Crippen LogP contribution in [-0.4, -0.2) is 15.8 Å². The van der Waals surface area contributed by atoms with Crippen molar-refractivity contribution in [3.63, 3.8) is 0 Å². The van der Waals surface area contributed by atoms with E-state index in [-0.39, 0.29) is 18.0 Å². The Kier molecular flexibility index (Phi) is 5.81. The number of nitrogens with zero attached hydrogens (tertiary/aromatic N) is 2. The van der Waals surface area contributed by atoms with Crippen molar-refractivity contribution in [3.05, 3.63) is 50.5 Å². The number of para-hydroxylation sites is 1. The molecule has 0 saturated heterocycles. The van der Waals surface area contributed by atoms with Crippen LogP contribution in [0.15, 0.2) is 24.3 Å². The standard InChI is InChI=1S/C16H19N3O3S/c1-3-7-12-14(4-2)23-16(17-12)18-15(20)10-11-8-5-6-9-13(11)19(21)22/h5-6,8-9H,3-4,7,10H2,1-2H3,(H,17,18,20). The molecule has 0 saturated carbocycles. The number of nitrogens with one attached hydrogen (secondary N) is 1. The van der Waals surface area contributed by atoms with Gasteiger partial charge in [0, 0.05) is 16.5 Å². The molecular weight excluding hydrogens is 314 g/mol. The Hall–Kier alpha value is -2.28. The molecule has 0 aliphatic rings. The highest BCUT2D eigenvalue weighted by Gasteiger charge is 2.17. The molecule has 2 rings (SSSR count). The number of nitro benzene ring substituents is 1. The Morgan fingerprint density at radius 3 is 2.74 bits per heavy atom. The van der Waals surface area contributed by atoms with Crippen molar-refractivity contribution in [2.45, 2.75) is 39.5 Å². The molecule has 1 N–H and O–H groups in total. The highest BCUT2D eigenvalue weighted by Crippen LogP contribution is 2.25. The van der Waals surface area contributed by atoms with Crippen molar-refractivity contribution in [1.82, 2.24) is 4.98 Å². The summed E-state index contributed by atoms with van der Waals surface area (Å²) in [4.78, 5) is 28.3. The molecule has 0 fully saturated rings. The molecular formula is C16H19N3O3S. The van der Waals surface area contributed by atoms with Crippen molar-refractivity contribution in [3.8, 4) is 0 Å². The summed E-state index contributed by atoms with van der Waals surface area (Å²) in [5.74, 6) is -0.293. The number of thiazole rings is 1. The fourth-order valence-electron chi connectivity index (χ4n) is 2.32. The van der Waals surface area contributed by atoms with Gasteiger partial charge >= 0.3 is 0 Å². The minimum Gasteiger partial charge on any atom is -0.302 e. The van der Waals surface area contributed by atoms with Crippen molar-refractivity contribution in [2.24, 2.45) is 0 Å². The van der Waals surface area contributed by atoms with Gasteiger partial charge in [0.05, 0.1) is 17.0 Å². The van der Waals surface area contributed by atoms with Crippen LogP contribution in [0.25, 0.3) is 0 Å². The zero-order valence-electron chi connectivity index (χ0n) is 13.2. The number of hydrogen-bond donors (Lipinski definition) is 1. The predicted octanol–water partition coefficient (Wildman–Crippen LogP) is 3.75. The van der Waals surface area contributed by atoms with Crippen molar-refractivity contribution >= 4 is 28.1 Å². The summed E-state index contributed by atoms with van der Waals surface area (Å²) in [5.41, 5.74) is 1.39. The van der Waals surface area contributed by atoms with E-state index in [1.54, 1.807) is 18.2 Å². The quantitative estimate of drug-likeness (QED) is 0.617. The smallest absolute Gasteiger partial charge is 0.273 e. The summed E-state index contributed by atoms with van der Waals surface area (Å²) in [6.45, 7) is 4.15. The number of amides is 1. The first kappa shape index (κ1) is 17.1. The van der Waals surface area contributed by atoms with Crippen LogP contribution in [0.5, 0.6) is 0 Å². The Morgan fingerprint density at radius 1 is 1.35 bits per heavy atom. The van der Waals surface area contributed by atoms with Gasteiger partial charge < -0.3 is 5.32 Å². The third-order valence-corrected chi connectivity index (χ3v) is 4.53. The fraction of sp³-hybridized carbons (Fsp3) is 0.375. The summed E-state index contributed by atoms with van der Waals surface area (Å²) in [6.07, 6.45) is 2.73. The largest absolute Gasteiger partial charge is 0.302 e. The van der Waals surface area contributed by atoms with Crippen molar-refractivity contribution in [2.75, 3.05) is 5.32 Å². The zero-order chi connectivity index (χ0) is 16.8. The first-order valence-electron chi connectivity index (χ1n) is 7.55. The van der Waals surface area contributed by atoms with Crippen LogP contribution in [0.2, 0.25) is 0 Å². The van der Waals surface area contributed by atoms with Crippen molar-refractivity contribution < 1.29 is 9.72 Å². The molecule has 0 spiro atoms. The van der Waals surface area contributed by atoms with Gasteiger partial charge in [-0.25, -0.2) is 4.98 Å². The molecule has 23 heavy (non-hydrogen) atoms. The topological polar surface area (TPSA) is 85.1 Å². The number of rotatable bonds is 7. The van der Waals surface area contributed by atoms with E-state index >= 15 is 0 Å². The summed E-state index contributed by atoms with van der Waals surface area (Å²) in [5, 5.41) is 14.3. The van der Waals surface area contributed by atoms with Gasteiger partial charge in [-0.2, -0.15) is 0 Å². The first-order chi connectivity index (χ1) is 11.0. The minimum absolute atomic E-state index is 0.0392. The number of carbonyl (C=O) groups excluding carboxylic acids is 1. The average Bonchev–Trinajstić information content (AvgIpc) is 2.89. The van der Waals surface area contributed by atoms with Crippen LogP contribution < -0.4 is 5.32 Å². The Morgan fingerprint density at radius 2 is 2.09 bits per heavy atom. The summed E-state index contributed by atoms with van der Waals surface area (Å²) in [7, 11) is 0. The fourth-order valence-corrected chi connectivity index (χ4v) is 3.28. The molecule has 2 aromatic rings. The second-order valence-electron chi connectivity index (χ2n) is 5.10. The minimum atomic E-state index is -0.472. The average molecular weight is 333 g/mol. The van der Waals surface area contributed by atoms with E-state index in [0.717, 1.165) is 25.0 Å². The van der Waals surface area contributed by atoms with E-state index in [0.29, 0.717) is 10.7 Å². The van der Waals surface area contributed by atoms with E-state index in [4.69, 9.17) is 0 Å². The predicted molar refractivity (Wildman–Crippen MR) is 90.9 cm³/mol.